The first-order chi connectivity index (χ1) is 10.9. The molecular formula is C16H20Br2ClNO3. The molecule has 1 aromatic carbocycles. The molecule has 7 heteroatoms. The summed E-state index contributed by atoms with van der Waals surface area (Å²) < 4.78 is 12.2. The summed E-state index contributed by atoms with van der Waals surface area (Å²) in [6.45, 7) is 6.96. The Morgan fingerprint density at radius 1 is 1.22 bits per heavy atom. The predicted octanol–water partition coefficient (Wildman–Crippen LogP) is 5.70. The second-order valence-corrected chi connectivity index (χ2v) is 7.95. The van der Waals surface area contributed by atoms with Gasteiger partial charge >= 0.3 is 0 Å². The summed E-state index contributed by atoms with van der Waals surface area (Å²) in [5.41, 5.74) is 1.85. The second kappa shape index (κ2) is 10.9. The van der Waals surface area contributed by atoms with E-state index in [9.17, 15) is 0 Å². The van der Waals surface area contributed by atoms with Crippen molar-refractivity contribution in [1.82, 2.24) is 0 Å². The molecule has 0 spiro atoms. The molecule has 1 rings (SSSR count). The van der Waals surface area contributed by atoms with E-state index in [1.165, 1.54) is 0 Å². The van der Waals surface area contributed by atoms with Crippen LogP contribution in [0, 0.1) is 0 Å². The van der Waals surface area contributed by atoms with E-state index in [4.69, 9.17) is 25.9 Å². The van der Waals surface area contributed by atoms with E-state index in [0.717, 1.165) is 21.1 Å². The van der Waals surface area contributed by atoms with Gasteiger partial charge < -0.3 is 14.3 Å². The van der Waals surface area contributed by atoms with Crippen LogP contribution in [0.1, 0.15) is 26.3 Å². The fraction of sp³-hybridized carbons (Fsp3) is 0.438. The van der Waals surface area contributed by atoms with Gasteiger partial charge in [0.25, 0.3) is 0 Å². The van der Waals surface area contributed by atoms with Crippen LogP contribution in [0.15, 0.2) is 26.8 Å². The van der Waals surface area contributed by atoms with Crippen molar-refractivity contribution in [2.45, 2.75) is 27.2 Å². The highest BCUT2D eigenvalue weighted by atomic mass is 79.9. The first-order valence-corrected chi connectivity index (χ1v) is 9.12. The fourth-order valence-electron chi connectivity index (χ4n) is 1.69. The first kappa shape index (κ1) is 20.3. The molecule has 0 bridgehead atoms. The van der Waals surface area contributed by atoms with Crippen molar-refractivity contribution in [2.75, 3.05) is 19.8 Å². The summed E-state index contributed by atoms with van der Waals surface area (Å²) >= 11 is 12.9. The van der Waals surface area contributed by atoms with E-state index >= 15 is 0 Å². The molecule has 0 aromatic heterocycles. The quantitative estimate of drug-likeness (QED) is 0.264. The van der Waals surface area contributed by atoms with Gasteiger partial charge in [-0.05, 0) is 69.8 Å². The lowest BCUT2D eigenvalue weighted by molar-refractivity contribution is 0.106. The number of nitrogens with zero attached hydrogens (tertiary/aromatic N) is 1. The molecule has 0 aliphatic heterocycles. The topological polar surface area (TPSA) is 40.0 Å². The number of oxime groups is 1. The third kappa shape index (κ3) is 8.08. The van der Waals surface area contributed by atoms with Gasteiger partial charge in [0.2, 0.25) is 0 Å². The Hall–Kier alpha value is -0.720. The molecule has 0 amide bonds. The van der Waals surface area contributed by atoms with Crippen molar-refractivity contribution in [3.8, 4) is 11.5 Å². The fourth-order valence-corrected chi connectivity index (χ4v) is 2.23. The van der Waals surface area contributed by atoms with E-state index < -0.39 is 0 Å². The summed E-state index contributed by atoms with van der Waals surface area (Å²) in [6, 6.07) is 3.69. The minimum absolute atomic E-state index is 0.368. The van der Waals surface area contributed by atoms with E-state index in [1.54, 1.807) is 6.07 Å². The molecule has 4 nitrogen and oxygen atoms in total. The molecule has 0 unspecified atom stereocenters. The van der Waals surface area contributed by atoms with Crippen LogP contribution in [0.4, 0.5) is 0 Å². The van der Waals surface area contributed by atoms with Crippen LogP contribution >= 0.6 is 43.5 Å². The van der Waals surface area contributed by atoms with Gasteiger partial charge in [0, 0.05) is 6.07 Å². The average Bonchev–Trinajstić information content (AvgIpc) is 2.47. The number of rotatable bonds is 9. The Morgan fingerprint density at radius 3 is 2.57 bits per heavy atom. The molecule has 23 heavy (non-hydrogen) atoms. The zero-order valence-electron chi connectivity index (χ0n) is 13.4. The van der Waals surface area contributed by atoms with E-state index in [-0.39, 0.29) is 0 Å². The third-order valence-electron chi connectivity index (χ3n) is 2.63. The first-order valence-electron chi connectivity index (χ1n) is 7.16. The molecule has 0 N–H and O–H groups in total. The number of aryl methyl sites for hydroxylation is 1. The molecule has 128 valence electrons. The van der Waals surface area contributed by atoms with Crippen molar-refractivity contribution >= 4 is 49.2 Å². The highest BCUT2D eigenvalue weighted by molar-refractivity contribution is 9.28. The van der Waals surface area contributed by atoms with Crippen LogP contribution in [0.2, 0.25) is 5.02 Å². The summed E-state index contributed by atoms with van der Waals surface area (Å²) in [4.78, 5) is 5.11. The van der Waals surface area contributed by atoms with Gasteiger partial charge in [-0.1, -0.05) is 23.7 Å². The molecule has 0 radical (unpaired) electrons. The Kier molecular flexibility index (Phi) is 9.67. The molecule has 0 atom stereocenters. The maximum absolute atomic E-state index is 6.31. The van der Waals surface area contributed by atoms with E-state index in [2.05, 4.69) is 37.0 Å². The lowest BCUT2D eigenvalue weighted by Crippen LogP contribution is -2.07. The van der Waals surface area contributed by atoms with Crippen molar-refractivity contribution in [1.29, 1.82) is 0 Å². The van der Waals surface area contributed by atoms with Gasteiger partial charge in [-0.3, -0.25) is 0 Å². The Morgan fingerprint density at radius 2 is 1.96 bits per heavy atom. The maximum atomic E-state index is 6.31. The molecule has 0 aliphatic carbocycles. The summed E-state index contributed by atoms with van der Waals surface area (Å²) in [7, 11) is 0. The summed E-state index contributed by atoms with van der Waals surface area (Å²) in [5, 5.41) is 4.38. The normalized spacial score (nSPS) is 10.0. The lowest BCUT2D eigenvalue weighted by atomic mass is 10.1. The van der Waals surface area contributed by atoms with Crippen LogP contribution in [0.25, 0.3) is 0 Å². The minimum Gasteiger partial charge on any atom is -0.489 e. The third-order valence-corrected chi connectivity index (χ3v) is 3.56. The van der Waals surface area contributed by atoms with Crippen LogP contribution < -0.4 is 9.47 Å². The largest absolute Gasteiger partial charge is 0.489 e. The Bertz CT molecular complexity index is 569. The predicted molar refractivity (Wildman–Crippen MR) is 102 cm³/mol. The smallest absolute Gasteiger partial charge is 0.151 e. The number of halogens is 3. The minimum atomic E-state index is 0.368. The van der Waals surface area contributed by atoms with Gasteiger partial charge in [0.05, 0.1) is 14.1 Å². The Balaban J connectivity index is 2.69. The van der Waals surface area contributed by atoms with Gasteiger partial charge in [0.1, 0.15) is 24.7 Å². The standard InChI is InChI=1S/C16H20Br2ClNO3/c1-4-12-9-13(21-6-5-15(17)18)10-14(19)16(12)22-7-8-23-20-11(2)3/h5,9-10H,4,6-8H2,1-3H3. The molecular weight excluding hydrogens is 449 g/mol. The summed E-state index contributed by atoms with van der Waals surface area (Å²) in [6.07, 6.45) is 2.65. The zero-order chi connectivity index (χ0) is 17.2. The van der Waals surface area contributed by atoms with Crippen molar-refractivity contribution in [2.24, 2.45) is 5.16 Å². The van der Waals surface area contributed by atoms with E-state index in [1.807, 2.05) is 32.9 Å². The number of hydrogen-bond acceptors (Lipinski definition) is 4. The van der Waals surface area contributed by atoms with Gasteiger partial charge in [-0.15, -0.1) is 0 Å². The summed E-state index contributed by atoms with van der Waals surface area (Å²) in [5.74, 6) is 1.37. The van der Waals surface area contributed by atoms with Gasteiger partial charge in [-0.25, -0.2) is 0 Å². The number of benzene rings is 1. The SMILES string of the molecule is CCc1cc(OCC=C(Br)Br)cc(Cl)c1OCCON=C(C)C. The van der Waals surface area contributed by atoms with Crippen LogP contribution in [-0.4, -0.2) is 25.5 Å². The highest BCUT2D eigenvalue weighted by Crippen LogP contribution is 2.34. The van der Waals surface area contributed by atoms with Gasteiger partial charge in [0.15, 0.2) is 6.61 Å². The number of ether oxygens (including phenoxy) is 2. The van der Waals surface area contributed by atoms with Crippen LogP contribution in [-0.2, 0) is 11.3 Å². The number of hydrogen-bond donors (Lipinski definition) is 0. The van der Waals surface area contributed by atoms with Crippen molar-refractivity contribution in [3.05, 3.63) is 32.2 Å². The van der Waals surface area contributed by atoms with Gasteiger partial charge in [-0.2, -0.15) is 0 Å². The molecule has 0 aliphatic rings. The van der Waals surface area contributed by atoms with Crippen molar-refractivity contribution < 1.29 is 14.3 Å². The lowest BCUT2D eigenvalue weighted by Gasteiger charge is -2.14. The Labute approximate surface area is 159 Å². The highest BCUT2D eigenvalue weighted by Gasteiger charge is 2.11. The molecule has 0 fully saturated rings. The second-order valence-electron chi connectivity index (χ2n) is 4.77. The maximum Gasteiger partial charge on any atom is 0.151 e. The van der Waals surface area contributed by atoms with E-state index in [0.29, 0.717) is 36.3 Å². The van der Waals surface area contributed by atoms with Crippen LogP contribution in [0.3, 0.4) is 0 Å². The molecule has 1 aromatic rings. The average molecular weight is 470 g/mol. The van der Waals surface area contributed by atoms with Crippen LogP contribution in [0.5, 0.6) is 11.5 Å². The van der Waals surface area contributed by atoms with Crippen molar-refractivity contribution in [3.63, 3.8) is 0 Å². The molecule has 0 saturated heterocycles. The zero-order valence-corrected chi connectivity index (χ0v) is 17.3. The molecule has 0 heterocycles. The molecule has 0 saturated carbocycles. The monoisotopic (exact) mass is 467 g/mol.